The predicted octanol–water partition coefficient (Wildman–Crippen LogP) is 6.23. The van der Waals surface area contributed by atoms with Gasteiger partial charge in [-0.05, 0) is 51.1 Å². The zero-order valence-electron chi connectivity index (χ0n) is 14.3. The van der Waals surface area contributed by atoms with E-state index in [-0.39, 0.29) is 6.04 Å². The molecule has 0 aromatic heterocycles. The van der Waals surface area contributed by atoms with Crippen molar-refractivity contribution in [1.82, 2.24) is 4.67 Å². The third-order valence-electron chi connectivity index (χ3n) is 2.92. The minimum absolute atomic E-state index is 0.265. The number of hydrogen-bond acceptors (Lipinski definition) is 5. The Morgan fingerprint density at radius 2 is 2.00 bits per heavy atom. The normalized spacial score (nSPS) is 14.3. The Labute approximate surface area is 154 Å². The van der Waals surface area contributed by atoms with E-state index >= 15 is 0 Å². The molecule has 0 amide bonds. The molecular weight excluding hydrogens is 363 g/mol. The molecule has 0 heterocycles. The highest BCUT2D eigenvalue weighted by molar-refractivity contribution is 8.68. The van der Waals surface area contributed by atoms with Crippen LogP contribution >= 0.6 is 28.9 Å². The van der Waals surface area contributed by atoms with E-state index in [1.54, 1.807) is 11.4 Å². The monoisotopic (exact) mass is 390 g/mol. The van der Waals surface area contributed by atoms with Crippen molar-refractivity contribution in [2.75, 3.05) is 12.4 Å². The van der Waals surface area contributed by atoms with Gasteiger partial charge < -0.3 is 9.19 Å². The zero-order valence-corrected chi connectivity index (χ0v) is 17.7. The Morgan fingerprint density at radius 3 is 2.57 bits per heavy atom. The molecule has 0 aliphatic rings. The van der Waals surface area contributed by atoms with Crippen LogP contribution in [0, 0.1) is 0 Å². The van der Waals surface area contributed by atoms with Crippen LogP contribution in [0.25, 0.3) is 0 Å². The SMILES string of the molecule is CCCCSP(=S)(OCC)N(C=NSc1ccccc1)C(C)C. The molecule has 0 saturated carbocycles. The van der Waals surface area contributed by atoms with Crippen LogP contribution in [0.3, 0.4) is 0 Å². The number of unbranched alkanes of at least 4 members (excludes halogenated alkanes) is 1. The van der Waals surface area contributed by atoms with Crippen LogP contribution in [0.2, 0.25) is 0 Å². The van der Waals surface area contributed by atoms with Crippen LogP contribution in [-0.4, -0.2) is 29.4 Å². The average molecular weight is 391 g/mol. The van der Waals surface area contributed by atoms with Gasteiger partial charge in [-0.1, -0.05) is 42.9 Å². The van der Waals surface area contributed by atoms with Gasteiger partial charge in [0.1, 0.15) is 6.34 Å². The summed E-state index contributed by atoms with van der Waals surface area (Å²) in [7, 11) is 0. The lowest BCUT2D eigenvalue weighted by Gasteiger charge is -2.34. The van der Waals surface area contributed by atoms with Gasteiger partial charge in [0.15, 0.2) is 0 Å². The summed E-state index contributed by atoms with van der Waals surface area (Å²) in [5.41, 5.74) is -2.12. The first-order valence-electron chi connectivity index (χ1n) is 7.97. The summed E-state index contributed by atoms with van der Waals surface area (Å²) in [6.07, 6.45) is 4.21. The smallest absolute Gasteiger partial charge is 0.214 e. The minimum Gasteiger partial charge on any atom is -0.327 e. The van der Waals surface area contributed by atoms with Gasteiger partial charge in [0.2, 0.25) is 5.62 Å². The van der Waals surface area contributed by atoms with E-state index in [2.05, 4.69) is 42.0 Å². The molecule has 0 bridgehead atoms. The molecule has 1 atom stereocenters. The molecule has 1 aromatic carbocycles. The van der Waals surface area contributed by atoms with Crippen LogP contribution in [0.4, 0.5) is 0 Å². The van der Waals surface area contributed by atoms with E-state index in [0.717, 1.165) is 17.1 Å². The fraction of sp³-hybridized carbons (Fsp3) is 0.562. The van der Waals surface area contributed by atoms with Crippen LogP contribution in [0.5, 0.6) is 0 Å². The van der Waals surface area contributed by atoms with Crippen molar-refractivity contribution < 1.29 is 4.52 Å². The third kappa shape index (κ3) is 7.61. The molecule has 23 heavy (non-hydrogen) atoms. The minimum atomic E-state index is -2.12. The molecule has 130 valence electrons. The summed E-state index contributed by atoms with van der Waals surface area (Å²) in [6, 6.07) is 10.4. The summed E-state index contributed by atoms with van der Waals surface area (Å²) in [5.74, 6) is 1.04. The fourth-order valence-electron chi connectivity index (χ4n) is 1.75. The average Bonchev–Trinajstić information content (AvgIpc) is 2.52. The fourth-order valence-corrected chi connectivity index (χ4v) is 8.82. The van der Waals surface area contributed by atoms with Crippen LogP contribution in [-0.2, 0) is 16.3 Å². The summed E-state index contributed by atoms with van der Waals surface area (Å²) in [4.78, 5) is 1.12. The number of hydrogen-bond donors (Lipinski definition) is 0. The van der Waals surface area contributed by atoms with E-state index in [1.165, 1.54) is 18.4 Å². The lowest BCUT2D eigenvalue weighted by molar-refractivity contribution is 0.352. The second-order valence-corrected chi connectivity index (χ2v) is 12.8. The number of benzene rings is 1. The largest absolute Gasteiger partial charge is 0.327 e. The Morgan fingerprint density at radius 1 is 1.30 bits per heavy atom. The molecule has 0 aliphatic heterocycles. The quantitative estimate of drug-likeness (QED) is 0.147. The second kappa shape index (κ2) is 11.5. The number of nitrogens with zero attached hydrogens (tertiary/aromatic N) is 2. The van der Waals surface area contributed by atoms with Gasteiger partial charge in [0, 0.05) is 28.6 Å². The first-order valence-corrected chi connectivity index (χ1v) is 13.0. The lowest BCUT2D eigenvalue weighted by Crippen LogP contribution is -2.26. The van der Waals surface area contributed by atoms with Crippen molar-refractivity contribution in [2.24, 2.45) is 4.40 Å². The Hall–Kier alpha value is 0. The second-order valence-electron chi connectivity index (χ2n) is 5.17. The standard InChI is InChI=1S/C16H27N2OPS3/c1-5-7-13-22-20(21,19-6-2)18(15(3)4)14-17-23-16-11-9-8-10-12-16/h8-12,14-15H,5-7,13H2,1-4H3. The summed E-state index contributed by atoms with van der Waals surface area (Å²) in [5, 5.41) is 0. The van der Waals surface area contributed by atoms with Gasteiger partial charge >= 0.3 is 0 Å². The summed E-state index contributed by atoms with van der Waals surface area (Å²) < 4.78 is 12.7. The predicted molar refractivity (Wildman–Crippen MR) is 111 cm³/mol. The highest BCUT2D eigenvalue weighted by Gasteiger charge is 2.27. The van der Waals surface area contributed by atoms with Gasteiger partial charge in [-0.3, -0.25) is 0 Å². The Balaban J connectivity index is 2.81. The topological polar surface area (TPSA) is 24.8 Å². The molecule has 1 unspecified atom stereocenters. The van der Waals surface area contributed by atoms with Gasteiger partial charge in [-0.25, -0.2) is 4.40 Å². The van der Waals surface area contributed by atoms with E-state index in [9.17, 15) is 0 Å². The molecular formula is C16H27N2OPS3. The highest BCUT2D eigenvalue weighted by atomic mass is 32.9. The van der Waals surface area contributed by atoms with Crippen LogP contribution < -0.4 is 0 Å². The van der Waals surface area contributed by atoms with E-state index in [4.69, 9.17) is 16.3 Å². The van der Waals surface area contributed by atoms with Crippen molar-refractivity contribution in [1.29, 1.82) is 0 Å². The van der Waals surface area contributed by atoms with E-state index < -0.39 is 5.62 Å². The van der Waals surface area contributed by atoms with Gasteiger partial charge in [0.05, 0.1) is 6.61 Å². The van der Waals surface area contributed by atoms with Gasteiger partial charge in [-0.15, -0.1) is 0 Å². The zero-order chi connectivity index (χ0) is 17.1. The molecule has 7 heteroatoms. The van der Waals surface area contributed by atoms with E-state index in [1.807, 2.05) is 31.5 Å². The van der Waals surface area contributed by atoms with Crippen molar-refractivity contribution >= 4 is 47.1 Å². The first-order chi connectivity index (χ1) is 11.0. The summed E-state index contributed by atoms with van der Waals surface area (Å²) >= 11 is 9.17. The molecule has 3 nitrogen and oxygen atoms in total. The lowest BCUT2D eigenvalue weighted by atomic mass is 10.4. The molecule has 0 fully saturated rings. The van der Waals surface area contributed by atoms with Crippen LogP contribution in [0.15, 0.2) is 39.6 Å². The molecule has 0 radical (unpaired) electrons. The molecule has 0 spiro atoms. The van der Waals surface area contributed by atoms with Crippen molar-refractivity contribution in [3.05, 3.63) is 30.3 Å². The highest BCUT2D eigenvalue weighted by Crippen LogP contribution is 2.63. The number of rotatable bonds is 11. The maximum absolute atomic E-state index is 6.02. The maximum atomic E-state index is 6.02. The van der Waals surface area contributed by atoms with Crippen LogP contribution in [0.1, 0.15) is 40.5 Å². The Bertz CT molecular complexity index is 511. The van der Waals surface area contributed by atoms with E-state index in [0.29, 0.717) is 6.61 Å². The van der Waals surface area contributed by atoms with Gasteiger partial charge in [0.25, 0.3) is 0 Å². The van der Waals surface area contributed by atoms with Crippen molar-refractivity contribution in [3.63, 3.8) is 0 Å². The van der Waals surface area contributed by atoms with Crippen molar-refractivity contribution in [3.8, 4) is 0 Å². The maximum Gasteiger partial charge on any atom is 0.214 e. The first kappa shape index (κ1) is 21.0. The Kier molecular flexibility index (Phi) is 10.6. The third-order valence-corrected chi connectivity index (χ3v) is 10.4. The van der Waals surface area contributed by atoms with Gasteiger partial charge in [-0.2, -0.15) is 0 Å². The molecule has 0 aliphatic carbocycles. The van der Waals surface area contributed by atoms with Crippen molar-refractivity contribution in [2.45, 2.75) is 51.5 Å². The molecule has 1 rings (SSSR count). The molecule has 0 N–H and O–H groups in total. The molecule has 1 aromatic rings. The summed E-state index contributed by atoms with van der Waals surface area (Å²) in [6.45, 7) is 9.12. The molecule has 0 saturated heterocycles.